The van der Waals surface area contributed by atoms with Gasteiger partial charge in [-0.25, -0.2) is 0 Å². The fourth-order valence-corrected chi connectivity index (χ4v) is 2.14. The lowest BCUT2D eigenvalue weighted by Crippen LogP contribution is -2.48. The molecule has 1 heterocycles. The highest BCUT2D eigenvalue weighted by Crippen LogP contribution is 2.03. The molecule has 1 rings (SSSR count). The quantitative estimate of drug-likeness (QED) is 0.650. The molecule has 0 spiro atoms. The van der Waals surface area contributed by atoms with Gasteiger partial charge in [-0.05, 0) is 33.6 Å². The SMILES string of the molecule is CCC(=O)CN1CCN(CCCN(C)C)CC1. The van der Waals surface area contributed by atoms with Crippen LogP contribution in [-0.4, -0.2) is 80.4 Å². The van der Waals surface area contributed by atoms with Crippen molar-refractivity contribution in [3.8, 4) is 0 Å². The second-order valence-electron chi connectivity index (χ2n) is 5.17. The average Bonchev–Trinajstić information content (AvgIpc) is 2.31. The summed E-state index contributed by atoms with van der Waals surface area (Å²) < 4.78 is 0. The molecule has 4 nitrogen and oxygen atoms in total. The van der Waals surface area contributed by atoms with E-state index in [1.54, 1.807) is 0 Å². The number of carbonyl (C=O) groups excluding carboxylic acids is 1. The fourth-order valence-electron chi connectivity index (χ4n) is 2.14. The third kappa shape index (κ3) is 6.15. The first-order valence-corrected chi connectivity index (χ1v) is 6.73. The van der Waals surface area contributed by atoms with Gasteiger partial charge in [0.1, 0.15) is 5.78 Å². The smallest absolute Gasteiger partial charge is 0.146 e. The van der Waals surface area contributed by atoms with Gasteiger partial charge in [-0.3, -0.25) is 9.69 Å². The molecule has 0 bridgehead atoms. The lowest BCUT2D eigenvalue weighted by Gasteiger charge is -2.34. The number of nitrogens with zero attached hydrogens (tertiary/aromatic N) is 3. The zero-order valence-corrected chi connectivity index (χ0v) is 11.6. The minimum absolute atomic E-state index is 0.367. The van der Waals surface area contributed by atoms with Crippen molar-refractivity contribution in [3.63, 3.8) is 0 Å². The summed E-state index contributed by atoms with van der Waals surface area (Å²) >= 11 is 0. The molecule has 0 aromatic rings. The van der Waals surface area contributed by atoms with E-state index in [1.165, 1.54) is 13.0 Å². The summed E-state index contributed by atoms with van der Waals surface area (Å²) in [5.74, 6) is 0.367. The number of hydrogen-bond donors (Lipinski definition) is 0. The van der Waals surface area contributed by atoms with Crippen LogP contribution in [0.15, 0.2) is 0 Å². The Morgan fingerprint density at radius 3 is 2.24 bits per heavy atom. The Morgan fingerprint density at radius 2 is 1.71 bits per heavy atom. The van der Waals surface area contributed by atoms with Crippen molar-refractivity contribution in [2.75, 3.05) is 59.9 Å². The van der Waals surface area contributed by atoms with Crippen molar-refractivity contribution in [3.05, 3.63) is 0 Å². The molecule has 1 saturated heterocycles. The van der Waals surface area contributed by atoms with Crippen molar-refractivity contribution < 1.29 is 4.79 Å². The molecule has 4 heteroatoms. The average molecular weight is 241 g/mol. The van der Waals surface area contributed by atoms with Crippen LogP contribution in [-0.2, 0) is 4.79 Å². The third-order valence-electron chi connectivity index (χ3n) is 3.34. The van der Waals surface area contributed by atoms with Gasteiger partial charge >= 0.3 is 0 Å². The van der Waals surface area contributed by atoms with E-state index < -0.39 is 0 Å². The van der Waals surface area contributed by atoms with Gasteiger partial charge < -0.3 is 9.80 Å². The van der Waals surface area contributed by atoms with Crippen LogP contribution in [0.3, 0.4) is 0 Å². The highest BCUT2D eigenvalue weighted by Gasteiger charge is 2.17. The largest absolute Gasteiger partial charge is 0.309 e. The zero-order chi connectivity index (χ0) is 12.7. The Balaban J connectivity index is 2.11. The maximum Gasteiger partial charge on any atom is 0.146 e. The maximum atomic E-state index is 11.3. The molecule has 100 valence electrons. The van der Waals surface area contributed by atoms with Crippen molar-refractivity contribution in [2.45, 2.75) is 19.8 Å². The molecule has 0 saturated carbocycles. The highest BCUT2D eigenvalue weighted by atomic mass is 16.1. The third-order valence-corrected chi connectivity index (χ3v) is 3.34. The Hall–Kier alpha value is -0.450. The van der Waals surface area contributed by atoms with E-state index >= 15 is 0 Å². The molecule has 0 aromatic carbocycles. The summed E-state index contributed by atoms with van der Waals surface area (Å²) in [4.78, 5) is 18.4. The normalized spacial score (nSPS) is 18.8. The van der Waals surface area contributed by atoms with Crippen molar-refractivity contribution in [1.82, 2.24) is 14.7 Å². The zero-order valence-electron chi connectivity index (χ0n) is 11.6. The predicted molar refractivity (Wildman–Crippen MR) is 71.3 cm³/mol. The molecule has 0 amide bonds. The molecular formula is C13H27N3O. The first-order valence-electron chi connectivity index (χ1n) is 6.73. The maximum absolute atomic E-state index is 11.3. The summed E-state index contributed by atoms with van der Waals surface area (Å²) in [7, 11) is 4.24. The highest BCUT2D eigenvalue weighted by molar-refractivity contribution is 5.80. The minimum Gasteiger partial charge on any atom is -0.309 e. The molecule has 0 radical (unpaired) electrons. The van der Waals surface area contributed by atoms with Crippen LogP contribution in [0, 0.1) is 0 Å². The Bertz CT molecular complexity index is 223. The van der Waals surface area contributed by atoms with Crippen LogP contribution in [0.5, 0.6) is 0 Å². The van der Waals surface area contributed by atoms with Gasteiger partial charge in [-0.2, -0.15) is 0 Å². The van der Waals surface area contributed by atoms with Crippen LogP contribution in [0.1, 0.15) is 19.8 Å². The van der Waals surface area contributed by atoms with Gasteiger partial charge in [0.2, 0.25) is 0 Å². The van der Waals surface area contributed by atoms with Crippen LogP contribution in [0.25, 0.3) is 0 Å². The number of hydrogen-bond acceptors (Lipinski definition) is 4. The Labute approximate surface area is 106 Å². The van der Waals surface area contributed by atoms with Gasteiger partial charge in [0.25, 0.3) is 0 Å². The second kappa shape index (κ2) is 7.80. The fraction of sp³-hybridized carbons (Fsp3) is 0.923. The van der Waals surface area contributed by atoms with E-state index in [-0.39, 0.29) is 0 Å². The number of rotatable bonds is 7. The van der Waals surface area contributed by atoms with Crippen LogP contribution in [0.2, 0.25) is 0 Å². The van der Waals surface area contributed by atoms with E-state index in [0.717, 1.165) is 32.7 Å². The molecule has 0 aromatic heterocycles. The Morgan fingerprint density at radius 1 is 1.12 bits per heavy atom. The second-order valence-corrected chi connectivity index (χ2v) is 5.17. The van der Waals surface area contributed by atoms with E-state index in [2.05, 4.69) is 28.8 Å². The number of Topliss-reactive ketones (excluding diaryl/α,β-unsaturated/α-hetero) is 1. The lowest BCUT2D eigenvalue weighted by molar-refractivity contribution is -0.120. The van der Waals surface area contributed by atoms with Crippen molar-refractivity contribution in [2.24, 2.45) is 0 Å². The van der Waals surface area contributed by atoms with Crippen LogP contribution < -0.4 is 0 Å². The van der Waals surface area contributed by atoms with Crippen molar-refractivity contribution in [1.29, 1.82) is 0 Å². The molecule has 17 heavy (non-hydrogen) atoms. The summed E-state index contributed by atoms with van der Waals surface area (Å²) in [6.45, 7) is 9.28. The lowest BCUT2D eigenvalue weighted by atomic mass is 10.2. The molecule has 0 aliphatic carbocycles. The first-order chi connectivity index (χ1) is 8.11. The van der Waals surface area contributed by atoms with E-state index in [1.807, 2.05) is 6.92 Å². The molecule has 0 unspecified atom stereocenters. The van der Waals surface area contributed by atoms with Gasteiger partial charge in [-0.1, -0.05) is 6.92 Å². The minimum atomic E-state index is 0.367. The summed E-state index contributed by atoms with van der Waals surface area (Å²) in [5, 5.41) is 0. The van der Waals surface area contributed by atoms with Crippen LogP contribution >= 0.6 is 0 Å². The van der Waals surface area contributed by atoms with Gasteiger partial charge in [-0.15, -0.1) is 0 Å². The monoisotopic (exact) mass is 241 g/mol. The van der Waals surface area contributed by atoms with Gasteiger partial charge in [0.05, 0.1) is 6.54 Å². The molecule has 1 fully saturated rings. The summed E-state index contributed by atoms with van der Waals surface area (Å²) in [6.07, 6.45) is 1.91. The number of carbonyl (C=O) groups is 1. The molecule has 0 N–H and O–H groups in total. The number of piperazine rings is 1. The van der Waals surface area contributed by atoms with Gasteiger partial charge in [0, 0.05) is 32.6 Å². The predicted octanol–water partition coefficient (Wildman–Crippen LogP) is 0.535. The molecule has 1 aliphatic heterocycles. The van der Waals surface area contributed by atoms with E-state index in [0.29, 0.717) is 18.7 Å². The molecule has 1 aliphatic rings. The summed E-state index contributed by atoms with van der Waals surface area (Å²) in [6, 6.07) is 0. The Kier molecular flexibility index (Phi) is 6.70. The van der Waals surface area contributed by atoms with Crippen LogP contribution in [0.4, 0.5) is 0 Å². The standard InChI is InChI=1S/C13H27N3O/c1-4-13(17)12-16-10-8-15(9-11-16)7-5-6-14(2)3/h4-12H2,1-3H3. The van der Waals surface area contributed by atoms with Gasteiger partial charge in [0.15, 0.2) is 0 Å². The number of ketones is 1. The first kappa shape index (κ1) is 14.6. The van der Waals surface area contributed by atoms with E-state index in [4.69, 9.17) is 0 Å². The van der Waals surface area contributed by atoms with E-state index in [9.17, 15) is 4.79 Å². The van der Waals surface area contributed by atoms with Crippen molar-refractivity contribution >= 4 is 5.78 Å². The molecular weight excluding hydrogens is 214 g/mol. The topological polar surface area (TPSA) is 26.8 Å². The molecule has 0 atom stereocenters. The summed E-state index contributed by atoms with van der Waals surface area (Å²) in [5.41, 5.74) is 0.